The van der Waals surface area contributed by atoms with Gasteiger partial charge in [-0.05, 0) is 25.5 Å². The molecule has 40 heavy (non-hydrogen) atoms. The Labute approximate surface area is 235 Å². The third kappa shape index (κ3) is 7.88. The van der Waals surface area contributed by atoms with Gasteiger partial charge in [0.2, 0.25) is 17.7 Å². The Kier molecular flexibility index (Phi) is 9.84. The average molecular weight is 568 g/mol. The predicted molar refractivity (Wildman–Crippen MR) is 148 cm³/mol. The summed E-state index contributed by atoms with van der Waals surface area (Å²) < 4.78 is 5.84. The van der Waals surface area contributed by atoms with Crippen molar-refractivity contribution in [2.45, 2.75) is 44.7 Å². The summed E-state index contributed by atoms with van der Waals surface area (Å²) in [6.45, 7) is 2.63. The van der Waals surface area contributed by atoms with Gasteiger partial charge in [-0.15, -0.1) is 11.3 Å². The van der Waals surface area contributed by atoms with Gasteiger partial charge >= 0.3 is 0 Å². The van der Waals surface area contributed by atoms with E-state index in [9.17, 15) is 19.2 Å². The molecular formula is C27H33N7O5S. The molecule has 0 unspecified atom stereocenters. The van der Waals surface area contributed by atoms with Crippen molar-refractivity contribution in [2.24, 2.45) is 0 Å². The molecule has 0 radical (unpaired) electrons. The second-order valence-corrected chi connectivity index (χ2v) is 10.5. The number of aromatic nitrogens is 3. The molecule has 0 saturated carbocycles. The first-order chi connectivity index (χ1) is 19.3. The van der Waals surface area contributed by atoms with E-state index in [-0.39, 0.29) is 37.5 Å². The summed E-state index contributed by atoms with van der Waals surface area (Å²) in [5.41, 5.74) is 1.84. The Balaban J connectivity index is 1.51. The maximum atomic E-state index is 13.3. The van der Waals surface area contributed by atoms with Crippen LogP contribution in [0.5, 0.6) is 5.75 Å². The van der Waals surface area contributed by atoms with Crippen molar-refractivity contribution in [1.82, 2.24) is 35.8 Å². The molecule has 0 bridgehead atoms. The van der Waals surface area contributed by atoms with E-state index in [2.05, 4.69) is 30.9 Å². The molecule has 0 spiro atoms. The zero-order valence-electron chi connectivity index (χ0n) is 22.4. The number of hydrogen-bond donors (Lipinski definition) is 4. The van der Waals surface area contributed by atoms with Gasteiger partial charge < -0.3 is 30.6 Å². The number of rotatable bonds is 7. The zero-order chi connectivity index (χ0) is 28.5. The lowest BCUT2D eigenvalue weighted by molar-refractivity contribution is -0.136. The Morgan fingerprint density at radius 1 is 1.23 bits per heavy atom. The van der Waals surface area contributed by atoms with Crippen LogP contribution in [0.3, 0.4) is 0 Å². The molecule has 3 aromatic rings. The summed E-state index contributed by atoms with van der Waals surface area (Å²) in [6, 6.07) is 4.55. The first-order valence-electron chi connectivity index (χ1n) is 13.0. The Morgan fingerprint density at radius 2 is 2.05 bits per heavy atom. The van der Waals surface area contributed by atoms with Gasteiger partial charge in [0.25, 0.3) is 5.91 Å². The highest BCUT2D eigenvalue weighted by molar-refractivity contribution is 7.09. The molecule has 1 aromatic carbocycles. The van der Waals surface area contributed by atoms with Crippen LogP contribution in [0.1, 0.15) is 39.6 Å². The minimum absolute atomic E-state index is 0.125. The van der Waals surface area contributed by atoms with E-state index in [4.69, 9.17) is 4.74 Å². The lowest BCUT2D eigenvalue weighted by Gasteiger charge is -2.26. The van der Waals surface area contributed by atoms with E-state index in [0.29, 0.717) is 30.8 Å². The summed E-state index contributed by atoms with van der Waals surface area (Å²) in [5.74, 6) is -1.60. The number of hydrogen-bond acceptors (Lipinski definition) is 8. The van der Waals surface area contributed by atoms with Crippen LogP contribution in [0.4, 0.5) is 0 Å². The number of benzene rings is 1. The average Bonchev–Trinajstić information content (AvgIpc) is 3.61. The number of aromatic amines is 1. The monoisotopic (exact) mass is 567 g/mol. The third-order valence-corrected chi connectivity index (χ3v) is 7.38. The first kappa shape index (κ1) is 28.7. The van der Waals surface area contributed by atoms with Gasteiger partial charge in [-0.1, -0.05) is 12.1 Å². The standard InChI is InChI=1S/C27H33N7O5S/c1-17-15-40-24(31-17)8-5-9-29-26(37)20-13-23(35)32-21(12-18-14-28-16-30-18)27(38)34(2)10-11-39-22-7-4-3-6-19(22)25(36)33-20/h3-4,6-7,14-16,20-21H,5,8-13H2,1-2H3,(H,28,30)(H,29,37)(H,32,35)(H,33,36)/t20-,21-/m0/s1. The van der Waals surface area contributed by atoms with E-state index in [0.717, 1.165) is 10.7 Å². The molecule has 212 valence electrons. The number of nitrogens with zero attached hydrogens (tertiary/aromatic N) is 3. The largest absolute Gasteiger partial charge is 0.491 e. The van der Waals surface area contributed by atoms with Gasteiger partial charge in [-0.25, -0.2) is 9.97 Å². The molecule has 3 heterocycles. The molecule has 1 aliphatic heterocycles. The van der Waals surface area contributed by atoms with E-state index in [1.807, 2.05) is 12.3 Å². The molecule has 13 heteroatoms. The number of amides is 4. The van der Waals surface area contributed by atoms with Crippen LogP contribution in [0.2, 0.25) is 0 Å². The second kappa shape index (κ2) is 13.7. The number of nitrogens with one attached hydrogen (secondary N) is 4. The molecule has 2 aromatic heterocycles. The highest BCUT2D eigenvalue weighted by Crippen LogP contribution is 2.19. The van der Waals surface area contributed by atoms with Crippen LogP contribution < -0.4 is 20.7 Å². The van der Waals surface area contributed by atoms with Gasteiger partial charge in [0.1, 0.15) is 24.4 Å². The molecule has 12 nitrogen and oxygen atoms in total. The molecule has 0 aliphatic carbocycles. The summed E-state index contributed by atoms with van der Waals surface area (Å²) in [4.78, 5) is 65.6. The van der Waals surface area contributed by atoms with Crippen molar-refractivity contribution in [2.75, 3.05) is 26.7 Å². The van der Waals surface area contributed by atoms with Crippen LogP contribution in [-0.4, -0.2) is 82.3 Å². The fourth-order valence-electron chi connectivity index (χ4n) is 4.24. The molecule has 4 N–H and O–H groups in total. The van der Waals surface area contributed by atoms with Crippen molar-refractivity contribution in [1.29, 1.82) is 0 Å². The topological polar surface area (TPSA) is 158 Å². The number of ether oxygens (including phenoxy) is 1. The Bertz CT molecular complexity index is 1330. The van der Waals surface area contributed by atoms with Crippen LogP contribution in [0.25, 0.3) is 0 Å². The number of likely N-dealkylation sites (N-methyl/N-ethyl adjacent to an activating group) is 1. The molecule has 0 fully saturated rings. The van der Waals surface area contributed by atoms with Crippen LogP contribution in [0.15, 0.2) is 42.2 Å². The van der Waals surface area contributed by atoms with E-state index in [1.165, 1.54) is 11.2 Å². The number of carbonyl (C=O) groups is 4. The number of aryl methyl sites for hydroxylation is 2. The van der Waals surface area contributed by atoms with Gasteiger partial charge in [0.15, 0.2) is 0 Å². The lowest BCUT2D eigenvalue weighted by Crippen LogP contribution is -2.53. The molecule has 1 aliphatic rings. The van der Waals surface area contributed by atoms with E-state index >= 15 is 0 Å². The molecular weight excluding hydrogens is 534 g/mol. The van der Waals surface area contributed by atoms with Crippen molar-refractivity contribution in [3.63, 3.8) is 0 Å². The summed E-state index contributed by atoms with van der Waals surface area (Å²) in [6.07, 6.45) is 4.24. The van der Waals surface area contributed by atoms with Gasteiger partial charge in [-0.3, -0.25) is 19.2 Å². The quantitative estimate of drug-likeness (QED) is 0.310. The maximum absolute atomic E-state index is 13.3. The number of thiazole rings is 1. The highest BCUT2D eigenvalue weighted by atomic mass is 32.1. The Morgan fingerprint density at radius 3 is 2.80 bits per heavy atom. The van der Waals surface area contributed by atoms with Crippen LogP contribution in [-0.2, 0) is 27.2 Å². The van der Waals surface area contributed by atoms with Crippen LogP contribution in [0, 0.1) is 6.92 Å². The van der Waals surface area contributed by atoms with Crippen molar-refractivity contribution in [3.05, 3.63) is 64.1 Å². The van der Waals surface area contributed by atoms with Crippen molar-refractivity contribution >= 4 is 35.0 Å². The van der Waals surface area contributed by atoms with Gasteiger partial charge in [0.05, 0.1) is 29.9 Å². The number of imidazole rings is 1. The smallest absolute Gasteiger partial charge is 0.255 e. The predicted octanol–water partition coefficient (Wildman–Crippen LogP) is 0.990. The number of fused-ring (bicyclic) bond motifs is 1. The van der Waals surface area contributed by atoms with Gasteiger partial charge in [-0.2, -0.15) is 0 Å². The highest BCUT2D eigenvalue weighted by Gasteiger charge is 2.30. The maximum Gasteiger partial charge on any atom is 0.255 e. The summed E-state index contributed by atoms with van der Waals surface area (Å²) in [5, 5.41) is 11.2. The van der Waals surface area contributed by atoms with Crippen LogP contribution >= 0.6 is 11.3 Å². The normalized spacial score (nSPS) is 18.6. The molecule has 2 atom stereocenters. The van der Waals surface area contributed by atoms with Crippen molar-refractivity contribution < 1.29 is 23.9 Å². The van der Waals surface area contributed by atoms with E-state index < -0.39 is 29.8 Å². The Hall–Kier alpha value is -4.26. The summed E-state index contributed by atoms with van der Waals surface area (Å²) >= 11 is 1.57. The van der Waals surface area contributed by atoms with E-state index in [1.54, 1.807) is 48.8 Å². The molecule has 4 rings (SSSR count). The van der Waals surface area contributed by atoms with Gasteiger partial charge in [0, 0.05) is 49.4 Å². The first-order valence-corrected chi connectivity index (χ1v) is 13.9. The number of carbonyl (C=O) groups excluding carboxylic acids is 4. The molecule has 0 saturated heterocycles. The number of para-hydroxylation sites is 1. The number of H-pyrrole nitrogens is 1. The zero-order valence-corrected chi connectivity index (χ0v) is 23.3. The SMILES string of the molecule is Cc1csc(CCCNC(=O)[C@@H]2CC(=O)N[C@@H](Cc3cnc[nH]3)C(=O)N(C)CCOc3ccccc3C(=O)N2)n1. The summed E-state index contributed by atoms with van der Waals surface area (Å²) in [7, 11) is 1.62. The molecule has 4 amide bonds. The minimum Gasteiger partial charge on any atom is -0.491 e. The fraction of sp³-hybridized carbons (Fsp3) is 0.407. The third-order valence-electron chi connectivity index (χ3n) is 6.35. The minimum atomic E-state index is -1.17. The fourth-order valence-corrected chi connectivity index (χ4v) is 5.06. The van der Waals surface area contributed by atoms with Crippen molar-refractivity contribution in [3.8, 4) is 5.75 Å². The second-order valence-electron chi connectivity index (χ2n) is 9.51. The lowest BCUT2D eigenvalue weighted by atomic mass is 10.1.